The summed E-state index contributed by atoms with van der Waals surface area (Å²) in [5.41, 5.74) is 1.32. The molecule has 3 N–H and O–H groups in total. The van der Waals surface area contributed by atoms with Gasteiger partial charge in [-0.05, 0) is 24.6 Å². The van der Waals surface area contributed by atoms with Crippen LogP contribution in [0.3, 0.4) is 0 Å². The number of anilines is 1. The van der Waals surface area contributed by atoms with Crippen LogP contribution in [0.25, 0.3) is 0 Å². The monoisotopic (exact) mass is 343 g/mol. The fourth-order valence-electron chi connectivity index (χ4n) is 3.03. The summed E-state index contributed by atoms with van der Waals surface area (Å²) in [5.74, 6) is -0.480. The Bertz CT molecular complexity index is 711. The molecule has 6 heteroatoms. The maximum Gasteiger partial charge on any atom is 0.315 e. The van der Waals surface area contributed by atoms with E-state index in [1.54, 1.807) is 12.1 Å². The number of hydrogen-bond donors (Lipinski definition) is 3. The van der Waals surface area contributed by atoms with Gasteiger partial charge >= 0.3 is 6.03 Å². The molecule has 0 radical (unpaired) electrons. The van der Waals surface area contributed by atoms with E-state index in [1.807, 2.05) is 30.3 Å². The molecule has 1 fully saturated rings. The molecule has 0 bridgehead atoms. The van der Waals surface area contributed by atoms with Gasteiger partial charge < -0.3 is 20.6 Å². The second-order valence-corrected chi connectivity index (χ2v) is 6.16. The van der Waals surface area contributed by atoms with Gasteiger partial charge in [-0.1, -0.05) is 36.4 Å². The van der Waals surface area contributed by atoms with E-state index in [1.165, 1.54) is 12.1 Å². The number of nitrogens with zero attached hydrogens (tertiary/aromatic N) is 1. The molecule has 0 aromatic heterocycles. The topological polar surface area (TPSA) is 64.6 Å². The van der Waals surface area contributed by atoms with Crippen molar-refractivity contribution in [3.8, 4) is 0 Å². The Morgan fingerprint density at radius 3 is 2.68 bits per heavy atom. The van der Waals surface area contributed by atoms with Crippen molar-refractivity contribution < 1.29 is 14.3 Å². The normalized spacial score (nSPS) is 18.0. The van der Waals surface area contributed by atoms with Gasteiger partial charge in [-0.2, -0.15) is 0 Å². The molecule has 0 saturated carbocycles. The van der Waals surface area contributed by atoms with E-state index in [2.05, 4.69) is 15.5 Å². The Labute approximate surface area is 146 Å². The summed E-state index contributed by atoms with van der Waals surface area (Å²) in [5, 5.41) is 15.5. The first kappa shape index (κ1) is 17.2. The van der Waals surface area contributed by atoms with Gasteiger partial charge in [0.15, 0.2) is 0 Å². The Morgan fingerprint density at radius 2 is 1.92 bits per heavy atom. The zero-order valence-corrected chi connectivity index (χ0v) is 13.9. The molecule has 1 heterocycles. The van der Waals surface area contributed by atoms with Crippen molar-refractivity contribution in [2.24, 2.45) is 0 Å². The van der Waals surface area contributed by atoms with Crippen LogP contribution in [0.2, 0.25) is 0 Å². The average molecular weight is 343 g/mol. The number of halogens is 1. The molecular weight excluding hydrogens is 321 g/mol. The standard InChI is InChI=1S/C19H22FN3O2/c20-17-9-5-4-8-16(17)18(24)12-21-19(25)22-14-10-11-23(13-14)15-6-2-1-3-7-15/h1-9,14,18,24H,10-13H2,(H2,21,22,25). The van der Waals surface area contributed by atoms with Crippen LogP contribution in [0, 0.1) is 5.82 Å². The molecule has 5 nitrogen and oxygen atoms in total. The molecule has 2 unspecified atom stereocenters. The van der Waals surface area contributed by atoms with Crippen molar-refractivity contribution in [2.75, 3.05) is 24.5 Å². The first-order valence-electron chi connectivity index (χ1n) is 8.40. The van der Waals surface area contributed by atoms with Crippen molar-refractivity contribution in [3.05, 3.63) is 66.0 Å². The molecule has 132 valence electrons. The Morgan fingerprint density at radius 1 is 1.20 bits per heavy atom. The number of hydrogen-bond acceptors (Lipinski definition) is 3. The number of aliphatic hydroxyl groups excluding tert-OH is 1. The molecule has 1 aliphatic heterocycles. The number of carbonyl (C=O) groups is 1. The fourth-order valence-corrected chi connectivity index (χ4v) is 3.03. The predicted octanol–water partition coefficient (Wildman–Crippen LogP) is 2.44. The number of para-hydroxylation sites is 1. The molecule has 0 spiro atoms. The predicted molar refractivity (Wildman–Crippen MR) is 95.0 cm³/mol. The van der Waals surface area contributed by atoms with Crippen LogP contribution in [0.1, 0.15) is 18.1 Å². The molecular formula is C19H22FN3O2. The molecule has 25 heavy (non-hydrogen) atoms. The minimum absolute atomic E-state index is 0.0398. The highest BCUT2D eigenvalue weighted by Crippen LogP contribution is 2.19. The summed E-state index contributed by atoms with van der Waals surface area (Å²) >= 11 is 0. The first-order chi connectivity index (χ1) is 12.1. The van der Waals surface area contributed by atoms with Crippen LogP contribution < -0.4 is 15.5 Å². The number of benzene rings is 2. The number of rotatable bonds is 5. The van der Waals surface area contributed by atoms with Gasteiger partial charge in [-0.25, -0.2) is 9.18 Å². The van der Waals surface area contributed by atoms with Crippen LogP contribution in [-0.4, -0.2) is 36.8 Å². The molecule has 2 atom stereocenters. The van der Waals surface area contributed by atoms with Crippen LogP contribution >= 0.6 is 0 Å². The third kappa shape index (κ3) is 4.48. The lowest BCUT2D eigenvalue weighted by Crippen LogP contribution is -2.44. The highest BCUT2D eigenvalue weighted by Gasteiger charge is 2.24. The third-order valence-electron chi connectivity index (χ3n) is 4.37. The molecule has 1 aliphatic rings. The second-order valence-electron chi connectivity index (χ2n) is 6.16. The zero-order valence-electron chi connectivity index (χ0n) is 13.9. The van der Waals surface area contributed by atoms with Gasteiger partial charge in [0.2, 0.25) is 0 Å². The lowest BCUT2D eigenvalue weighted by molar-refractivity contribution is 0.168. The lowest BCUT2D eigenvalue weighted by Gasteiger charge is -2.19. The minimum Gasteiger partial charge on any atom is -0.386 e. The summed E-state index contributed by atoms with van der Waals surface area (Å²) in [6.07, 6.45) is -0.214. The fraction of sp³-hybridized carbons (Fsp3) is 0.316. The minimum atomic E-state index is -1.07. The molecule has 0 aliphatic carbocycles. The van der Waals surface area contributed by atoms with Gasteiger partial charge in [0, 0.05) is 36.9 Å². The first-order valence-corrected chi connectivity index (χ1v) is 8.40. The third-order valence-corrected chi connectivity index (χ3v) is 4.37. The zero-order chi connectivity index (χ0) is 17.6. The number of carbonyl (C=O) groups excluding carboxylic acids is 1. The van der Waals surface area contributed by atoms with Crippen LogP contribution in [0.5, 0.6) is 0 Å². The van der Waals surface area contributed by atoms with E-state index in [9.17, 15) is 14.3 Å². The van der Waals surface area contributed by atoms with E-state index in [0.717, 1.165) is 25.2 Å². The molecule has 1 saturated heterocycles. The van der Waals surface area contributed by atoms with Gasteiger partial charge in [-0.3, -0.25) is 0 Å². The van der Waals surface area contributed by atoms with Crippen molar-refractivity contribution in [1.29, 1.82) is 0 Å². The molecule has 2 amide bonds. The molecule has 2 aromatic carbocycles. The number of nitrogens with one attached hydrogen (secondary N) is 2. The van der Waals surface area contributed by atoms with Crippen LogP contribution in [0.4, 0.5) is 14.9 Å². The highest BCUT2D eigenvalue weighted by atomic mass is 19.1. The van der Waals surface area contributed by atoms with Crippen molar-refractivity contribution in [2.45, 2.75) is 18.6 Å². The summed E-state index contributed by atoms with van der Waals surface area (Å²) in [6.45, 7) is 1.59. The number of urea groups is 1. The second kappa shape index (κ2) is 7.98. The largest absolute Gasteiger partial charge is 0.386 e. The Kier molecular flexibility index (Phi) is 5.50. The summed E-state index contributed by atoms with van der Waals surface area (Å²) in [7, 11) is 0. The van der Waals surface area contributed by atoms with E-state index in [0.29, 0.717) is 0 Å². The van der Waals surface area contributed by atoms with Crippen molar-refractivity contribution in [3.63, 3.8) is 0 Å². The van der Waals surface area contributed by atoms with E-state index in [-0.39, 0.29) is 24.2 Å². The molecule has 2 aromatic rings. The van der Waals surface area contributed by atoms with Gasteiger partial charge in [0.1, 0.15) is 5.82 Å². The smallest absolute Gasteiger partial charge is 0.315 e. The Hall–Kier alpha value is -2.60. The number of aliphatic hydroxyl groups is 1. The highest BCUT2D eigenvalue weighted by molar-refractivity contribution is 5.74. The van der Waals surface area contributed by atoms with Crippen molar-refractivity contribution in [1.82, 2.24) is 10.6 Å². The maximum atomic E-state index is 13.6. The average Bonchev–Trinajstić information content (AvgIpc) is 3.09. The van der Waals surface area contributed by atoms with E-state index < -0.39 is 11.9 Å². The van der Waals surface area contributed by atoms with Gasteiger partial charge in [-0.15, -0.1) is 0 Å². The van der Waals surface area contributed by atoms with Crippen LogP contribution in [0.15, 0.2) is 54.6 Å². The summed E-state index contributed by atoms with van der Waals surface area (Å²) < 4.78 is 13.6. The van der Waals surface area contributed by atoms with Gasteiger partial charge in [0.05, 0.1) is 6.10 Å². The molecule has 3 rings (SSSR count). The van der Waals surface area contributed by atoms with E-state index in [4.69, 9.17) is 0 Å². The number of amides is 2. The maximum absolute atomic E-state index is 13.6. The summed E-state index contributed by atoms with van der Waals surface area (Å²) in [4.78, 5) is 14.2. The van der Waals surface area contributed by atoms with Crippen molar-refractivity contribution >= 4 is 11.7 Å². The van der Waals surface area contributed by atoms with Gasteiger partial charge in [0.25, 0.3) is 0 Å². The van der Waals surface area contributed by atoms with Crippen LogP contribution in [-0.2, 0) is 0 Å². The SMILES string of the molecule is O=C(NCC(O)c1ccccc1F)NC1CCN(c2ccccc2)C1. The Balaban J connectivity index is 1.45. The van der Waals surface area contributed by atoms with E-state index >= 15 is 0 Å². The summed E-state index contributed by atoms with van der Waals surface area (Å²) in [6, 6.07) is 15.8. The lowest BCUT2D eigenvalue weighted by atomic mass is 10.1. The quantitative estimate of drug-likeness (QED) is 0.781.